The maximum absolute atomic E-state index is 12.1. The molecule has 0 radical (unpaired) electrons. The van der Waals surface area contributed by atoms with Gasteiger partial charge in [-0.05, 0) is 55.8 Å². The Morgan fingerprint density at radius 3 is 2.28 bits per heavy atom. The molecule has 1 aromatic heterocycles. The predicted molar refractivity (Wildman–Crippen MR) is 143 cm³/mol. The Morgan fingerprint density at radius 2 is 1.64 bits per heavy atom. The molecule has 36 heavy (non-hydrogen) atoms. The molecule has 0 spiro atoms. The van der Waals surface area contributed by atoms with Crippen LogP contribution in [0.4, 0.5) is 23.0 Å². The van der Waals surface area contributed by atoms with Crippen LogP contribution in [0.3, 0.4) is 0 Å². The second kappa shape index (κ2) is 11.6. The Balaban J connectivity index is 1.36. The van der Waals surface area contributed by atoms with E-state index >= 15 is 0 Å². The van der Waals surface area contributed by atoms with Gasteiger partial charge in [0.2, 0.25) is 17.8 Å². The zero-order valence-corrected chi connectivity index (χ0v) is 20.8. The van der Waals surface area contributed by atoms with Gasteiger partial charge in [-0.3, -0.25) is 9.59 Å². The summed E-state index contributed by atoms with van der Waals surface area (Å²) in [5.74, 6) is 0.526. The Kier molecular flexibility index (Phi) is 8.12. The summed E-state index contributed by atoms with van der Waals surface area (Å²) in [6.45, 7) is 6.61. The second-order valence-electron chi connectivity index (χ2n) is 8.91. The van der Waals surface area contributed by atoms with Crippen LogP contribution in [0.25, 0.3) is 11.3 Å². The number of carbonyl (C=O) groups excluding carboxylic acids is 2. The number of benzene rings is 2. The summed E-state index contributed by atoms with van der Waals surface area (Å²) in [6, 6.07) is 17.1. The van der Waals surface area contributed by atoms with E-state index in [2.05, 4.69) is 37.6 Å². The first-order valence-corrected chi connectivity index (χ1v) is 12.3. The molecule has 3 aromatic rings. The zero-order valence-electron chi connectivity index (χ0n) is 20.8. The minimum atomic E-state index is -0.458. The number of hydrogen-bond acceptors (Lipinski definition) is 7. The molecule has 1 atom stereocenters. The average Bonchev–Trinajstić information content (AvgIpc) is 2.89. The molecule has 9 nitrogen and oxygen atoms in total. The molecule has 1 fully saturated rings. The van der Waals surface area contributed by atoms with Gasteiger partial charge >= 0.3 is 0 Å². The van der Waals surface area contributed by atoms with E-state index in [0.29, 0.717) is 25.5 Å². The molecule has 2 amide bonds. The lowest BCUT2D eigenvalue weighted by molar-refractivity contribution is -0.132. The van der Waals surface area contributed by atoms with E-state index in [-0.39, 0.29) is 11.8 Å². The Bertz CT molecular complexity index is 1170. The fourth-order valence-electron chi connectivity index (χ4n) is 4.11. The molecule has 1 aliphatic heterocycles. The number of aromatic nitrogens is 2. The number of nitrogens with two attached hydrogens (primary N) is 1. The molecular formula is C27H33N7O2. The molecule has 9 heteroatoms. The molecular weight excluding hydrogens is 454 g/mol. The van der Waals surface area contributed by atoms with Gasteiger partial charge in [0.1, 0.15) is 0 Å². The third-order valence-electron chi connectivity index (χ3n) is 6.07. The Hall–Kier alpha value is -3.98. The SMILES string of the molecule is CCCC(=O)Nc1ccc(-c2ccnc(Nc3ccc(N4CCN(C(=O)[C@@H](C)N)CC4)cc3)n2)cc1. The maximum Gasteiger partial charge on any atom is 0.239 e. The van der Waals surface area contributed by atoms with Crippen LogP contribution in [0, 0.1) is 0 Å². The molecule has 2 heterocycles. The van der Waals surface area contributed by atoms with E-state index < -0.39 is 6.04 Å². The molecule has 4 rings (SSSR count). The van der Waals surface area contributed by atoms with Crippen LogP contribution in [0.15, 0.2) is 60.8 Å². The summed E-state index contributed by atoms with van der Waals surface area (Å²) in [7, 11) is 0. The lowest BCUT2D eigenvalue weighted by atomic mass is 10.1. The van der Waals surface area contributed by atoms with Gasteiger partial charge in [-0.2, -0.15) is 0 Å². The van der Waals surface area contributed by atoms with Crippen molar-refractivity contribution in [1.29, 1.82) is 0 Å². The highest BCUT2D eigenvalue weighted by Crippen LogP contribution is 2.24. The van der Waals surface area contributed by atoms with Crippen molar-refractivity contribution in [2.24, 2.45) is 5.73 Å². The fraction of sp³-hybridized carbons (Fsp3) is 0.333. The molecule has 0 aliphatic carbocycles. The largest absolute Gasteiger partial charge is 0.368 e. The topological polar surface area (TPSA) is 116 Å². The van der Waals surface area contributed by atoms with Crippen LogP contribution in [0.2, 0.25) is 0 Å². The number of anilines is 4. The lowest BCUT2D eigenvalue weighted by Crippen LogP contribution is -2.52. The lowest BCUT2D eigenvalue weighted by Gasteiger charge is -2.36. The van der Waals surface area contributed by atoms with Crippen LogP contribution in [-0.4, -0.2) is 58.9 Å². The van der Waals surface area contributed by atoms with Gasteiger partial charge in [0.05, 0.1) is 11.7 Å². The van der Waals surface area contributed by atoms with Crippen LogP contribution >= 0.6 is 0 Å². The first-order valence-electron chi connectivity index (χ1n) is 12.3. The number of rotatable bonds is 8. The van der Waals surface area contributed by atoms with Gasteiger partial charge in [-0.1, -0.05) is 19.1 Å². The van der Waals surface area contributed by atoms with Crippen molar-refractivity contribution in [1.82, 2.24) is 14.9 Å². The smallest absolute Gasteiger partial charge is 0.239 e. The minimum Gasteiger partial charge on any atom is -0.368 e. The summed E-state index contributed by atoms with van der Waals surface area (Å²) < 4.78 is 0. The summed E-state index contributed by atoms with van der Waals surface area (Å²) in [5.41, 5.74) is 10.2. The highest BCUT2D eigenvalue weighted by Gasteiger charge is 2.23. The van der Waals surface area contributed by atoms with Crippen molar-refractivity contribution in [3.05, 3.63) is 60.8 Å². The average molecular weight is 488 g/mol. The molecule has 1 aliphatic rings. The summed E-state index contributed by atoms with van der Waals surface area (Å²) in [4.78, 5) is 37.0. The van der Waals surface area contributed by atoms with Crippen molar-refractivity contribution >= 4 is 34.8 Å². The number of nitrogens with zero attached hydrogens (tertiary/aromatic N) is 4. The van der Waals surface area contributed by atoms with E-state index in [4.69, 9.17) is 5.73 Å². The van der Waals surface area contributed by atoms with Gasteiger partial charge in [0, 0.05) is 61.4 Å². The van der Waals surface area contributed by atoms with Crippen molar-refractivity contribution in [2.75, 3.05) is 41.7 Å². The molecule has 1 saturated heterocycles. The van der Waals surface area contributed by atoms with E-state index in [1.165, 1.54) is 0 Å². The van der Waals surface area contributed by atoms with Gasteiger partial charge in [0.25, 0.3) is 0 Å². The van der Waals surface area contributed by atoms with Crippen molar-refractivity contribution in [2.45, 2.75) is 32.7 Å². The highest BCUT2D eigenvalue weighted by atomic mass is 16.2. The zero-order chi connectivity index (χ0) is 25.5. The van der Waals surface area contributed by atoms with Gasteiger partial charge in [0.15, 0.2) is 0 Å². The molecule has 2 aromatic carbocycles. The Labute approximate surface area is 211 Å². The van der Waals surface area contributed by atoms with Gasteiger partial charge in [-0.15, -0.1) is 0 Å². The standard InChI is InChI=1S/C27H33N7O2/c1-3-4-25(35)30-21-7-5-20(6-8-21)24-13-14-29-27(32-24)31-22-9-11-23(12-10-22)33-15-17-34(18-16-33)26(36)19(2)28/h5-14,19H,3-4,15-18,28H2,1-2H3,(H,30,35)(H,29,31,32)/t19-/m1/s1. The quantitative estimate of drug-likeness (QED) is 0.444. The fourth-order valence-corrected chi connectivity index (χ4v) is 4.11. The van der Waals surface area contributed by atoms with Crippen LogP contribution < -0.4 is 21.3 Å². The van der Waals surface area contributed by atoms with Crippen molar-refractivity contribution < 1.29 is 9.59 Å². The molecule has 0 saturated carbocycles. The van der Waals surface area contributed by atoms with E-state index in [9.17, 15) is 9.59 Å². The molecule has 4 N–H and O–H groups in total. The first-order chi connectivity index (χ1) is 17.4. The number of piperazine rings is 1. The molecule has 0 bridgehead atoms. The predicted octanol–water partition coefficient (Wildman–Crippen LogP) is 3.62. The minimum absolute atomic E-state index is 0.00566. The van der Waals surface area contributed by atoms with Crippen molar-refractivity contribution in [3.63, 3.8) is 0 Å². The second-order valence-corrected chi connectivity index (χ2v) is 8.91. The Morgan fingerprint density at radius 1 is 0.972 bits per heavy atom. The monoisotopic (exact) mass is 487 g/mol. The number of carbonyl (C=O) groups is 2. The van der Waals surface area contributed by atoms with Gasteiger partial charge in [-0.25, -0.2) is 9.97 Å². The van der Waals surface area contributed by atoms with Gasteiger partial charge < -0.3 is 26.2 Å². The maximum atomic E-state index is 12.1. The van der Waals surface area contributed by atoms with E-state index in [1.54, 1.807) is 13.1 Å². The highest BCUT2D eigenvalue weighted by molar-refractivity contribution is 5.90. The normalized spacial score (nSPS) is 14.3. The number of hydrogen-bond donors (Lipinski definition) is 3. The number of nitrogens with one attached hydrogen (secondary N) is 2. The van der Waals surface area contributed by atoms with Crippen LogP contribution in [0.5, 0.6) is 0 Å². The summed E-state index contributed by atoms with van der Waals surface area (Å²) >= 11 is 0. The number of amides is 2. The third kappa shape index (κ3) is 6.37. The van der Waals surface area contributed by atoms with E-state index in [0.717, 1.165) is 47.8 Å². The third-order valence-corrected chi connectivity index (χ3v) is 6.07. The van der Waals surface area contributed by atoms with E-state index in [1.807, 2.05) is 54.3 Å². The molecule has 188 valence electrons. The summed E-state index contributed by atoms with van der Waals surface area (Å²) in [5, 5.41) is 6.16. The van der Waals surface area contributed by atoms with Crippen LogP contribution in [0.1, 0.15) is 26.7 Å². The molecule has 0 unspecified atom stereocenters. The van der Waals surface area contributed by atoms with Crippen molar-refractivity contribution in [3.8, 4) is 11.3 Å². The first kappa shape index (κ1) is 25.1. The summed E-state index contributed by atoms with van der Waals surface area (Å²) in [6.07, 6.45) is 3.05. The van der Waals surface area contributed by atoms with Crippen LogP contribution in [-0.2, 0) is 9.59 Å².